The molecule has 2 aliphatic heterocycles. The predicted octanol–water partition coefficient (Wildman–Crippen LogP) is 2.68. The van der Waals surface area contributed by atoms with Crippen molar-refractivity contribution in [2.24, 2.45) is 10.7 Å². The van der Waals surface area contributed by atoms with Crippen molar-refractivity contribution in [3.63, 3.8) is 0 Å². The lowest BCUT2D eigenvalue weighted by molar-refractivity contribution is -0.0181. The fourth-order valence-electron chi connectivity index (χ4n) is 3.48. The first-order chi connectivity index (χ1) is 10.2. The highest BCUT2D eigenvalue weighted by Crippen LogP contribution is 2.39. The van der Waals surface area contributed by atoms with Gasteiger partial charge in [0.2, 0.25) is 0 Å². The molecule has 1 spiro atoms. The molecule has 5 heteroatoms. The van der Waals surface area contributed by atoms with Gasteiger partial charge in [0.25, 0.3) is 0 Å². The second-order valence-electron chi connectivity index (χ2n) is 5.92. The Morgan fingerprint density at radius 1 is 1.48 bits per heavy atom. The summed E-state index contributed by atoms with van der Waals surface area (Å²) in [4.78, 5) is 6.30. The maximum absolute atomic E-state index is 14.2. The number of rotatable bonds is 3. The van der Waals surface area contributed by atoms with Gasteiger partial charge in [-0.05, 0) is 31.4 Å². The maximum atomic E-state index is 14.2. The van der Waals surface area contributed by atoms with Gasteiger partial charge in [-0.25, -0.2) is 4.39 Å². The molecule has 4 nitrogen and oxygen atoms in total. The van der Waals surface area contributed by atoms with E-state index in [1.165, 1.54) is 6.07 Å². The zero-order valence-corrected chi connectivity index (χ0v) is 12.4. The Morgan fingerprint density at radius 3 is 3.05 bits per heavy atom. The van der Waals surface area contributed by atoms with E-state index in [0.717, 1.165) is 25.7 Å². The Hall–Kier alpha value is -1.62. The minimum absolute atomic E-state index is 0.208. The first-order valence-corrected chi connectivity index (χ1v) is 7.62. The van der Waals surface area contributed by atoms with Crippen LogP contribution in [0, 0.1) is 5.82 Å². The Morgan fingerprint density at radius 2 is 2.29 bits per heavy atom. The second-order valence-corrected chi connectivity index (χ2v) is 5.92. The van der Waals surface area contributed by atoms with E-state index in [0.29, 0.717) is 24.8 Å². The molecule has 2 heterocycles. The number of anilines is 1. The Labute approximate surface area is 124 Å². The fraction of sp³-hybridized carbons (Fsp3) is 0.562. The van der Waals surface area contributed by atoms with Gasteiger partial charge in [0, 0.05) is 6.61 Å². The van der Waals surface area contributed by atoms with Crippen molar-refractivity contribution < 1.29 is 9.13 Å². The van der Waals surface area contributed by atoms with Gasteiger partial charge in [-0.15, -0.1) is 0 Å². The molecule has 1 aromatic rings. The minimum atomic E-state index is -0.254. The monoisotopic (exact) mass is 291 g/mol. The zero-order valence-electron chi connectivity index (χ0n) is 12.4. The molecular weight excluding hydrogens is 269 g/mol. The molecule has 1 fully saturated rings. The summed E-state index contributed by atoms with van der Waals surface area (Å²) in [7, 11) is 0. The summed E-state index contributed by atoms with van der Waals surface area (Å²) in [6.45, 7) is 3.45. The number of benzene rings is 1. The molecule has 0 bridgehead atoms. The lowest BCUT2D eigenvalue weighted by Crippen LogP contribution is -2.56. The number of para-hydroxylation sites is 1. The van der Waals surface area contributed by atoms with Crippen molar-refractivity contribution in [3.8, 4) is 0 Å². The SMILES string of the molecule is CCCC1CC2(CCO1)CN=C(N)N2c1ccccc1F. The third-order valence-electron chi connectivity index (χ3n) is 4.47. The third kappa shape index (κ3) is 2.50. The van der Waals surface area contributed by atoms with Gasteiger partial charge >= 0.3 is 0 Å². The third-order valence-corrected chi connectivity index (χ3v) is 4.47. The average Bonchev–Trinajstić information content (AvgIpc) is 2.77. The highest BCUT2D eigenvalue weighted by Gasteiger charge is 2.47. The standard InChI is InChI=1S/C16H22FN3O/c1-2-5-12-10-16(8-9-21-12)11-19-15(18)20(16)14-7-4-3-6-13(14)17/h3-4,6-7,12H,2,5,8-11H2,1H3,(H2,18,19). The molecule has 2 aliphatic rings. The Kier molecular flexibility index (Phi) is 3.85. The Bertz CT molecular complexity index is 546. The van der Waals surface area contributed by atoms with E-state index in [-0.39, 0.29) is 17.5 Å². The number of nitrogens with two attached hydrogens (primary N) is 1. The Balaban J connectivity index is 1.93. The number of ether oxygens (including phenoxy) is 1. The normalized spacial score (nSPS) is 29.0. The van der Waals surface area contributed by atoms with Gasteiger partial charge in [-0.1, -0.05) is 25.5 Å². The zero-order chi connectivity index (χ0) is 14.9. The molecule has 2 atom stereocenters. The predicted molar refractivity (Wildman–Crippen MR) is 82.0 cm³/mol. The fourth-order valence-corrected chi connectivity index (χ4v) is 3.48. The van der Waals surface area contributed by atoms with Crippen LogP contribution in [0.25, 0.3) is 0 Å². The van der Waals surface area contributed by atoms with E-state index < -0.39 is 0 Å². The van der Waals surface area contributed by atoms with Crippen LogP contribution in [0.5, 0.6) is 0 Å². The van der Waals surface area contributed by atoms with E-state index in [9.17, 15) is 4.39 Å². The first kappa shape index (κ1) is 14.3. The smallest absolute Gasteiger partial charge is 0.196 e. The minimum Gasteiger partial charge on any atom is -0.378 e. The van der Waals surface area contributed by atoms with E-state index in [1.807, 2.05) is 11.0 Å². The van der Waals surface area contributed by atoms with Crippen LogP contribution in [0.2, 0.25) is 0 Å². The summed E-state index contributed by atoms with van der Waals surface area (Å²) in [5, 5.41) is 0. The molecule has 2 N–H and O–H groups in total. The van der Waals surface area contributed by atoms with Gasteiger partial charge in [0.15, 0.2) is 5.96 Å². The summed E-state index contributed by atoms with van der Waals surface area (Å²) in [6, 6.07) is 6.77. The van der Waals surface area contributed by atoms with E-state index >= 15 is 0 Å². The van der Waals surface area contributed by atoms with Crippen molar-refractivity contribution in [1.29, 1.82) is 0 Å². The molecule has 114 valence electrons. The summed E-state index contributed by atoms with van der Waals surface area (Å²) < 4.78 is 20.1. The van der Waals surface area contributed by atoms with Gasteiger partial charge in [-0.2, -0.15) is 0 Å². The lowest BCUT2D eigenvalue weighted by Gasteiger charge is -2.44. The van der Waals surface area contributed by atoms with Crippen LogP contribution in [0.4, 0.5) is 10.1 Å². The number of halogens is 1. The average molecular weight is 291 g/mol. The van der Waals surface area contributed by atoms with E-state index in [1.54, 1.807) is 12.1 Å². The highest BCUT2D eigenvalue weighted by atomic mass is 19.1. The van der Waals surface area contributed by atoms with Crippen molar-refractivity contribution in [2.45, 2.75) is 44.2 Å². The molecule has 2 unspecified atom stereocenters. The van der Waals surface area contributed by atoms with E-state index in [2.05, 4.69) is 11.9 Å². The molecule has 0 radical (unpaired) electrons. The van der Waals surface area contributed by atoms with Crippen LogP contribution in [-0.4, -0.2) is 30.8 Å². The first-order valence-electron chi connectivity index (χ1n) is 7.62. The van der Waals surface area contributed by atoms with Crippen LogP contribution in [-0.2, 0) is 4.74 Å². The molecule has 0 aromatic heterocycles. The molecule has 0 amide bonds. The largest absolute Gasteiger partial charge is 0.378 e. The van der Waals surface area contributed by atoms with E-state index in [4.69, 9.17) is 10.5 Å². The van der Waals surface area contributed by atoms with Crippen LogP contribution < -0.4 is 10.6 Å². The quantitative estimate of drug-likeness (QED) is 0.931. The molecule has 0 saturated carbocycles. The molecule has 21 heavy (non-hydrogen) atoms. The summed E-state index contributed by atoms with van der Waals surface area (Å²) >= 11 is 0. The van der Waals surface area contributed by atoms with Crippen molar-refractivity contribution >= 4 is 11.6 Å². The number of nitrogens with zero attached hydrogens (tertiary/aromatic N) is 2. The van der Waals surface area contributed by atoms with Gasteiger partial charge in [-0.3, -0.25) is 4.99 Å². The second kappa shape index (κ2) is 5.64. The van der Waals surface area contributed by atoms with Crippen molar-refractivity contribution in [3.05, 3.63) is 30.1 Å². The summed E-state index contributed by atoms with van der Waals surface area (Å²) in [5.74, 6) is 0.160. The summed E-state index contributed by atoms with van der Waals surface area (Å²) in [6.07, 6.45) is 3.98. The molecule has 1 aromatic carbocycles. The van der Waals surface area contributed by atoms with Gasteiger partial charge in [0.1, 0.15) is 5.82 Å². The maximum Gasteiger partial charge on any atom is 0.196 e. The number of aliphatic imine (C=N–C) groups is 1. The van der Waals surface area contributed by atoms with Crippen LogP contribution in [0.1, 0.15) is 32.6 Å². The summed E-state index contributed by atoms with van der Waals surface area (Å²) in [5.41, 5.74) is 6.36. The van der Waals surface area contributed by atoms with Gasteiger partial charge < -0.3 is 15.4 Å². The topological polar surface area (TPSA) is 50.9 Å². The molecule has 3 rings (SSSR count). The van der Waals surface area contributed by atoms with Crippen LogP contribution in [0.3, 0.4) is 0 Å². The van der Waals surface area contributed by atoms with Crippen LogP contribution >= 0.6 is 0 Å². The molecule has 1 saturated heterocycles. The lowest BCUT2D eigenvalue weighted by atomic mass is 9.84. The molecule has 0 aliphatic carbocycles. The van der Waals surface area contributed by atoms with Gasteiger partial charge in [0.05, 0.1) is 23.9 Å². The highest BCUT2D eigenvalue weighted by molar-refractivity contribution is 5.98. The number of hydrogen-bond donors (Lipinski definition) is 1. The van der Waals surface area contributed by atoms with Crippen LogP contribution in [0.15, 0.2) is 29.3 Å². The van der Waals surface area contributed by atoms with Crippen molar-refractivity contribution in [1.82, 2.24) is 0 Å². The number of hydrogen-bond acceptors (Lipinski definition) is 4. The van der Waals surface area contributed by atoms with Crippen molar-refractivity contribution in [2.75, 3.05) is 18.1 Å². The molecular formula is C16H22FN3O. The number of guanidine groups is 1.